The molecule has 0 spiro atoms. The second-order valence-electron chi connectivity index (χ2n) is 4.58. The number of hydrogen-bond acceptors (Lipinski definition) is 2. The Labute approximate surface area is 93.2 Å². The van der Waals surface area contributed by atoms with E-state index in [2.05, 4.69) is 19.2 Å². The minimum absolute atomic E-state index is 0.347. The quantitative estimate of drug-likeness (QED) is 0.768. The first kappa shape index (κ1) is 12.5. The molecule has 1 atom stereocenters. The molecule has 0 aromatic carbocycles. The molecule has 1 amide bonds. The SMILES string of the molecule is CCCC(C)CC(=O)N1CCCNCC1. The van der Waals surface area contributed by atoms with Gasteiger partial charge in [-0.25, -0.2) is 0 Å². The molecule has 1 rings (SSSR count). The molecule has 0 saturated carbocycles. The zero-order valence-electron chi connectivity index (χ0n) is 10.1. The van der Waals surface area contributed by atoms with Gasteiger partial charge in [0.05, 0.1) is 0 Å². The number of hydrogen-bond donors (Lipinski definition) is 1. The Morgan fingerprint density at radius 1 is 1.40 bits per heavy atom. The molecule has 1 unspecified atom stereocenters. The van der Waals surface area contributed by atoms with Gasteiger partial charge in [-0.15, -0.1) is 0 Å². The van der Waals surface area contributed by atoms with E-state index in [9.17, 15) is 4.79 Å². The monoisotopic (exact) mass is 212 g/mol. The van der Waals surface area contributed by atoms with Gasteiger partial charge in [-0.2, -0.15) is 0 Å². The van der Waals surface area contributed by atoms with Crippen molar-refractivity contribution in [2.75, 3.05) is 26.2 Å². The van der Waals surface area contributed by atoms with Crippen LogP contribution in [0.2, 0.25) is 0 Å². The van der Waals surface area contributed by atoms with Crippen LogP contribution in [0, 0.1) is 5.92 Å². The maximum absolute atomic E-state index is 11.9. The van der Waals surface area contributed by atoms with Crippen molar-refractivity contribution in [1.82, 2.24) is 10.2 Å². The van der Waals surface area contributed by atoms with E-state index in [-0.39, 0.29) is 0 Å². The summed E-state index contributed by atoms with van der Waals surface area (Å²) in [7, 11) is 0. The van der Waals surface area contributed by atoms with Gasteiger partial charge in [0.2, 0.25) is 5.91 Å². The van der Waals surface area contributed by atoms with Crippen LogP contribution in [0.1, 0.15) is 39.5 Å². The highest BCUT2D eigenvalue weighted by atomic mass is 16.2. The van der Waals surface area contributed by atoms with E-state index in [0.717, 1.165) is 45.4 Å². The maximum Gasteiger partial charge on any atom is 0.222 e. The van der Waals surface area contributed by atoms with Gasteiger partial charge >= 0.3 is 0 Å². The lowest BCUT2D eigenvalue weighted by Crippen LogP contribution is -2.34. The van der Waals surface area contributed by atoms with Gasteiger partial charge in [0.15, 0.2) is 0 Å². The van der Waals surface area contributed by atoms with Crippen LogP contribution in [0.3, 0.4) is 0 Å². The van der Waals surface area contributed by atoms with Gasteiger partial charge in [-0.3, -0.25) is 4.79 Å². The highest BCUT2D eigenvalue weighted by Gasteiger charge is 2.17. The van der Waals surface area contributed by atoms with Crippen molar-refractivity contribution >= 4 is 5.91 Å². The Balaban J connectivity index is 2.30. The van der Waals surface area contributed by atoms with Crippen molar-refractivity contribution in [3.63, 3.8) is 0 Å². The van der Waals surface area contributed by atoms with E-state index in [0.29, 0.717) is 11.8 Å². The normalized spacial score (nSPS) is 19.7. The fraction of sp³-hybridized carbons (Fsp3) is 0.917. The molecule has 15 heavy (non-hydrogen) atoms. The van der Waals surface area contributed by atoms with Crippen LogP contribution >= 0.6 is 0 Å². The molecule has 0 aromatic heterocycles. The molecule has 1 aliphatic heterocycles. The summed E-state index contributed by atoms with van der Waals surface area (Å²) in [6.45, 7) is 8.18. The Kier molecular flexibility index (Phi) is 5.69. The molecule has 1 N–H and O–H groups in total. The molecule has 0 radical (unpaired) electrons. The average molecular weight is 212 g/mol. The smallest absolute Gasteiger partial charge is 0.222 e. The van der Waals surface area contributed by atoms with E-state index in [1.165, 1.54) is 6.42 Å². The van der Waals surface area contributed by atoms with Gasteiger partial charge in [0.1, 0.15) is 0 Å². The predicted octanol–water partition coefficient (Wildman–Crippen LogP) is 1.63. The van der Waals surface area contributed by atoms with Crippen molar-refractivity contribution in [1.29, 1.82) is 0 Å². The first-order valence-electron chi connectivity index (χ1n) is 6.22. The summed E-state index contributed by atoms with van der Waals surface area (Å²) < 4.78 is 0. The van der Waals surface area contributed by atoms with Crippen LogP contribution in [0.4, 0.5) is 0 Å². The highest BCUT2D eigenvalue weighted by molar-refractivity contribution is 5.76. The van der Waals surface area contributed by atoms with Gasteiger partial charge in [0, 0.05) is 26.1 Å². The molecule has 3 heteroatoms. The van der Waals surface area contributed by atoms with Gasteiger partial charge in [-0.05, 0) is 18.9 Å². The predicted molar refractivity (Wildman–Crippen MR) is 62.8 cm³/mol. The molecular formula is C12H24N2O. The Morgan fingerprint density at radius 3 is 2.93 bits per heavy atom. The van der Waals surface area contributed by atoms with Crippen LogP contribution in [0.25, 0.3) is 0 Å². The molecule has 0 aliphatic carbocycles. The Bertz CT molecular complexity index is 186. The summed E-state index contributed by atoms with van der Waals surface area (Å²) in [5, 5.41) is 3.32. The number of nitrogens with zero attached hydrogens (tertiary/aromatic N) is 1. The topological polar surface area (TPSA) is 32.3 Å². The summed E-state index contributed by atoms with van der Waals surface area (Å²) >= 11 is 0. The standard InChI is InChI=1S/C12H24N2O/c1-3-5-11(2)10-12(15)14-8-4-6-13-7-9-14/h11,13H,3-10H2,1-2H3. The van der Waals surface area contributed by atoms with Crippen molar-refractivity contribution in [3.8, 4) is 0 Å². The summed E-state index contributed by atoms with van der Waals surface area (Å²) in [6.07, 6.45) is 4.16. The summed E-state index contributed by atoms with van der Waals surface area (Å²) in [4.78, 5) is 14.0. The molecule has 0 bridgehead atoms. The molecule has 1 aliphatic rings. The Morgan fingerprint density at radius 2 is 2.20 bits per heavy atom. The maximum atomic E-state index is 11.9. The van der Waals surface area contributed by atoms with Gasteiger partial charge < -0.3 is 10.2 Å². The lowest BCUT2D eigenvalue weighted by Gasteiger charge is -2.21. The molecule has 88 valence electrons. The van der Waals surface area contributed by atoms with Gasteiger partial charge in [-0.1, -0.05) is 26.7 Å². The summed E-state index contributed by atoms with van der Waals surface area (Å²) in [5.41, 5.74) is 0. The number of carbonyl (C=O) groups excluding carboxylic acids is 1. The van der Waals surface area contributed by atoms with Crippen LogP contribution in [0.5, 0.6) is 0 Å². The number of carbonyl (C=O) groups is 1. The van der Waals surface area contributed by atoms with E-state index >= 15 is 0 Å². The zero-order valence-corrected chi connectivity index (χ0v) is 10.1. The lowest BCUT2D eigenvalue weighted by molar-refractivity contribution is -0.131. The summed E-state index contributed by atoms with van der Waals surface area (Å²) in [6, 6.07) is 0. The lowest BCUT2D eigenvalue weighted by atomic mass is 10.0. The highest BCUT2D eigenvalue weighted by Crippen LogP contribution is 2.12. The third-order valence-electron chi connectivity index (χ3n) is 3.00. The third kappa shape index (κ3) is 4.65. The van der Waals surface area contributed by atoms with Gasteiger partial charge in [0.25, 0.3) is 0 Å². The molecule has 0 aromatic rings. The van der Waals surface area contributed by atoms with Crippen molar-refractivity contribution in [2.24, 2.45) is 5.92 Å². The average Bonchev–Trinajstić information content (AvgIpc) is 2.45. The van der Waals surface area contributed by atoms with Crippen LogP contribution in [-0.2, 0) is 4.79 Å². The second kappa shape index (κ2) is 6.83. The van der Waals surface area contributed by atoms with Crippen molar-refractivity contribution in [2.45, 2.75) is 39.5 Å². The Hall–Kier alpha value is -0.570. The largest absolute Gasteiger partial charge is 0.341 e. The van der Waals surface area contributed by atoms with Crippen molar-refractivity contribution in [3.05, 3.63) is 0 Å². The summed E-state index contributed by atoms with van der Waals surface area (Å²) in [5.74, 6) is 0.887. The van der Waals surface area contributed by atoms with E-state index in [4.69, 9.17) is 0 Å². The van der Waals surface area contributed by atoms with E-state index in [1.807, 2.05) is 4.90 Å². The molecule has 1 heterocycles. The zero-order chi connectivity index (χ0) is 11.1. The second-order valence-corrected chi connectivity index (χ2v) is 4.58. The van der Waals surface area contributed by atoms with E-state index < -0.39 is 0 Å². The molecule has 3 nitrogen and oxygen atoms in total. The minimum atomic E-state index is 0.347. The fourth-order valence-electron chi connectivity index (χ4n) is 2.12. The van der Waals surface area contributed by atoms with Crippen molar-refractivity contribution < 1.29 is 4.79 Å². The van der Waals surface area contributed by atoms with E-state index in [1.54, 1.807) is 0 Å². The van der Waals surface area contributed by atoms with Crippen LogP contribution in [-0.4, -0.2) is 37.0 Å². The number of nitrogens with one attached hydrogen (secondary N) is 1. The van der Waals surface area contributed by atoms with Crippen LogP contribution in [0.15, 0.2) is 0 Å². The number of amides is 1. The first-order chi connectivity index (χ1) is 7.24. The number of rotatable bonds is 4. The minimum Gasteiger partial charge on any atom is -0.341 e. The fourth-order valence-corrected chi connectivity index (χ4v) is 2.12. The molecule has 1 fully saturated rings. The molecule has 1 saturated heterocycles. The first-order valence-corrected chi connectivity index (χ1v) is 6.22. The molecular weight excluding hydrogens is 188 g/mol. The van der Waals surface area contributed by atoms with Crippen LogP contribution < -0.4 is 5.32 Å². The third-order valence-corrected chi connectivity index (χ3v) is 3.00.